The van der Waals surface area contributed by atoms with Crippen LogP contribution in [0.5, 0.6) is 0 Å². The second kappa shape index (κ2) is 4.70. The van der Waals surface area contributed by atoms with Crippen LogP contribution in [0.2, 0.25) is 0 Å². The first kappa shape index (κ1) is 10.5. The maximum atomic E-state index is 11.0. The Bertz CT molecular complexity index is 555. The van der Waals surface area contributed by atoms with E-state index in [0.717, 1.165) is 16.4 Å². The van der Waals surface area contributed by atoms with Gasteiger partial charge in [-0.05, 0) is 29.3 Å². The lowest BCUT2D eigenvalue weighted by molar-refractivity contribution is 0.603. The summed E-state index contributed by atoms with van der Waals surface area (Å²) >= 11 is 0. The van der Waals surface area contributed by atoms with Crippen LogP contribution in [0.25, 0.3) is 11.1 Å². The maximum Gasteiger partial charge on any atom is 0.192 e. The van der Waals surface area contributed by atoms with Crippen LogP contribution in [0.4, 0.5) is 0 Å². The molecule has 16 heavy (non-hydrogen) atoms. The molecule has 2 aromatic rings. The zero-order valence-electron chi connectivity index (χ0n) is 8.42. The van der Waals surface area contributed by atoms with Crippen LogP contribution in [0.15, 0.2) is 48.5 Å². The smallest absolute Gasteiger partial charge is 0.192 e. The van der Waals surface area contributed by atoms with Gasteiger partial charge in [-0.25, -0.2) is 0 Å². The highest BCUT2D eigenvalue weighted by atomic mass is 31.1. The summed E-state index contributed by atoms with van der Waals surface area (Å²) in [5.41, 5.74) is 2.53. The molecule has 0 amide bonds. The average molecular weight is 225 g/mol. The first-order chi connectivity index (χ1) is 7.85. The first-order valence-corrected chi connectivity index (χ1v) is 5.59. The third kappa shape index (κ3) is 2.00. The highest BCUT2D eigenvalue weighted by Crippen LogP contribution is 2.20. The van der Waals surface area contributed by atoms with Crippen molar-refractivity contribution in [1.29, 1.82) is 5.26 Å². The van der Waals surface area contributed by atoms with Gasteiger partial charge in [-0.3, -0.25) is 4.57 Å². The van der Waals surface area contributed by atoms with Crippen molar-refractivity contribution in [3.63, 3.8) is 0 Å². The summed E-state index contributed by atoms with van der Waals surface area (Å²) in [5, 5.41) is 9.46. The molecule has 0 aromatic heterocycles. The van der Waals surface area contributed by atoms with Crippen molar-refractivity contribution in [2.45, 2.75) is 0 Å². The lowest BCUT2D eigenvalue weighted by Gasteiger charge is -2.03. The van der Waals surface area contributed by atoms with Crippen LogP contribution in [0.3, 0.4) is 0 Å². The van der Waals surface area contributed by atoms with Crippen LogP contribution >= 0.6 is 8.46 Å². The number of nitriles is 1. The molecule has 2 aromatic carbocycles. The van der Waals surface area contributed by atoms with Gasteiger partial charge in [0, 0.05) is 0 Å². The molecule has 2 rings (SSSR count). The monoisotopic (exact) mass is 225 g/mol. The standard InChI is InChI=1S/C13H8NOP/c14-9-10-5-7-11(8-6-10)12-3-1-2-4-13(12)16-15/h1-8H. The maximum absolute atomic E-state index is 11.0. The molecule has 0 fully saturated rings. The number of rotatable bonds is 2. The number of hydrogen-bond donors (Lipinski definition) is 0. The quantitative estimate of drug-likeness (QED) is 0.736. The molecule has 0 saturated heterocycles. The van der Waals surface area contributed by atoms with Crippen LogP contribution in [-0.2, 0) is 4.57 Å². The topological polar surface area (TPSA) is 40.9 Å². The van der Waals surface area contributed by atoms with Crippen molar-refractivity contribution >= 4 is 13.8 Å². The first-order valence-electron chi connectivity index (χ1n) is 4.78. The predicted octanol–water partition coefficient (Wildman–Crippen LogP) is 3.14. The molecule has 0 N–H and O–H groups in total. The summed E-state index contributed by atoms with van der Waals surface area (Å²) in [6.45, 7) is 0. The van der Waals surface area contributed by atoms with Crippen molar-refractivity contribution in [1.82, 2.24) is 0 Å². The highest BCUT2D eigenvalue weighted by molar-refractivity contribution is 7.34. The molecule has 2 nitrogen and oxygen atoms in total. The molecule has 0 bridgehead atoms. The van der Waals surface area contributed by atoms with E-state index in [1.54, 1.807) is 12.1 Å². The minimum absolute atomic E-state index is 0.0111. The SMILES string of the molecule is N#Cc1ccc(-c2ccccc2P=O)cc1. The average Bonchev–Trinajstić information content (AvgIpc) is 2.39. The molecule has 0 heterocycles. The summed E-state index contributed by atoms with van der Waals surface area (Å²) in [5.74, 6) is 0. The Hall–Kier alpha value is -1.97. The Morgan fingerprint density at radius 1 is 1.00 bits per heavy atom. The molecule has 0 aliphatic carbocycles. The van der Waals surface area contributed by atoms with Gasteiger partial charge in [-0.2, -0.15) is 5.26 Å². The highest BCUT2D eigenvalue weighted by Gasteiger charge is 2.03. The Morgan fingerprint density at radius 2 is 1.69 bits per heavy atom. The van der Waals surface area contributed by atoms with Crippen LogP contribution in [0, 0.1) is 11.3 Å². The lowest BCUT2D eigenvalue weighted by atomic mass is 10.0. The summed E-state index contributed by atoms with van der Waals surface area (Å²) in [4.78, 5) is 0. The van der Waals surface area contributed by atoms with Gasteiger partial charge in [0.2, 0.25) is 0 Å². The summed E-state index contributed by atoms with van der Waals surface area (Å²) in [6, 6.07) is 16.8. The van der Waals surface area contributed by atoms with Crippen molar-refractivity contribution in [2.75, 3.05) is 0 Å². The van der Waals surface area contributed by atoms with E-state index < -0.39 is 0 Å². The van der Waals surface area contributed by atoms with Gasteiger partial charge in [0.15, 0.2) is 8.46 Å². The van der Waals surface area contributed by atoms with E-state index in [1.807, 2.05) is 36.4 Å². The van der Waals surface area contributed by atoms with E-state index in [4.69, 9.17) is 5.26 Å². The van der Waals surface area contributed by atoms with E-state index in [9.17, 15) is 4.57 Å². The van der Waals surface area contributed by atoms with Crippen molar-refractivity contribution in [3.05, 3.63) is 54.1 Å². The van der Waals surface area contributed by atoms with Crippen molar-refractivity contribution in [3.8, 4) is 17.2 Å². The minimum Gasteiger partial charge on any atom is -0.269 e. The molecule has 0 unspecified atom stereocenters. The van der Waals surface area contributed by atoms with E-state index >= 15 is 0 Å². The Morgan fingerprint density at radius 3 is 2.31 bits per heavy atom. The van der Waals surface area contributed by atoms with E-state index in [1.165, 1.54) is 0 Å². The van der Waals surface area contributed by atoms with Gasteiger partial charge in [-0.1, -0.05) is 30.3 Å². The van der Waals surface area contributed by atoms with Crippen molar-refractivity contribution < 1.29 is 4.57 Å². The van der Waals surface area contributed by atoms with Gasteiger partial charge < -0.3 is 0 Å². The molecule has 0 saturated carbocycles. The predicted molar refractivity (Wildman–Crippen MR) is 63.8 cm³/mol. The number of benzene rings is 2. The van der Waals surface area contributed by atoms with Crippen LogP contribution < -0.4 is 5.30 Å². The van der Waals surface area contributed by atoms with Gasteiger partial charge in [-0.15, -0.1) is 0 Å². The molecular weight excluding hydrogens is 217 g/mol. The second-order valence-electron chi connectivity index (χ2n) is 3.30. The molecule has 0 aliphatic heterocycles. The zero-order valence-corrected chi connectivity index (χ0v) is 9.32. The molecule has 3 heteroatoms. The summed E-state index contributed by atoms with van der Waals surface area (Å²) in [6.07, 6.45) is 0. The van der Waals surface area contributed by atoms with E-state index in [0.29, 0.717) is 5.56 Å². The summed E-state index contributed by atoms with van der Waals surface area (Å²) in [7, 11) is 0.0111. The van der Waals surface area contributed by atoms with Gasteiger partial charge in [0.1, 0.15) is 0 Å². The third-order valence-electron chi connectivity index (χ3n) is 2.33. The molecule has 76 valence electrons. The fourth-order valence-corrected chi connectivity index (χ4v) is 1.97. The summed E-state index contributed by atoms with van der Waals surface area (Å²) < 4.78 is 11.0. The fraction of sp³-hybridized carbons (Fsp3) is 0. The Kier molecular flexibility index (Phi) is 3.10. The minimum atomic E-state index is 0.0111. The van der Waals surface area contributed by atoms with E-state index in [2.05, 4.69) is 6.07 Å². The molecule has 0 spiro atoms. The third-order valence-corrected chi connectivity index (χ3v) is 2.91. The molecule has 0 aliphatic rings. The molecule has 0 radical (unpaired) electrons. The largest absolute Gasteiger partial charge is 0.269 e. The Labute approximate surface area is 95.4 Å². The van der Waals surface area contributed by atoms with E-state index in [-0.39, 0.29) is 8.46 Å². The lowest BCUT2D eigenvalue weighted by Crippen LogP contribution is -1.96. The normalized spacial score (nSPS) is 9.94. The second-order valence-corrected chi connectivity index (χ2v) is 3.96. The van der Waals surface area contributed by atoms with Gasteiger partial charge >= 0.3 is 0 Å². The number of hydrogen-bond acceptors (Lipinski definition) is 2. The van der Waals surface area contributed by atoms with Crippen LogP contribution in [-0.4, -0.2) is 0 Å². The Balaban J connectivity index is 2.51. The zero-order chi connectivity index (χ0) is 11.4. The molecule has 0 atom stereocenters. The fourth-order valence-electron chi connectivity index (χ4n) is 1.52. The van der Waals surface area contributed by atoms with Crippen LogP contribution in [0.1, 0.15) is 5.56 Å². The molecular formula is C13H8NOP. The number of nitrogens with zero attached hydrogens (tertiary/aromatic N) is 1. The van der Waals surface area contributed by atoms with Crippen molar-refractivity contribution in [2.24, 2.45) is 0 Å². The van der Waals surface area contributed by atoms with Gasteiger partial charge in [0.05, 0.1) is 16.9 Å². The van der Waals surface area contributed by atoms with Gasteiger partial charge in [0.25, 0.3) is 0 Å².